The fourth-order valence-corrected chi connectivity index (χ4v) is 2.57. The summed E-state index contributed by atoms with van der Waals surface area (Å²) in [5.41, 5.74) is 0.992. The first-order valence-electron chi connectivity index (χ1n) is 7.63. The minimum atomic E-state index is 0.540. The highest BCUT2D eigenvalue weighted by Gasteiger charge is 2.18. The molecular weight excluding hydrogens is 252 g/mol. The quantitative estimate of drug-likeness (QED) is 0.656. The third kappa shape index (κ3) is 4.25. The van der Waals surface area contributed by atoms with Crippen LogP contribution in [0, 0.1) is 5.92 Å². The highest BCUT2D eigenvalue weighted by Crippen LogP contribution is 2.23. The van der Waals surface area contributed by atoms with E-state index in [9.17, 15) is 0 Å². The van der Waals surface area contributed by atoms with Crippen molar-refractivity contribution in [1.82, 2.24) is 15.8 Å². The van der Waals surface area contributed by atoms with Gasteiger partial charge >= 0.3 is 0 Å². The van der Waals surface area contributed by atoms with E-state index in [1.165, 1.54) is 25.7 Å². The van der Waals surface area contributed by atoms with Gasteiger partial charge in [-0.2, -0.15) is 0 Å². The molecule has 1 fully saturated rings. The Bertz CT molecular complexity index is 433. The molecule has 1 aromatic rings. The molecule has 0 amide bonds. The minimum Gasteiger partial charge on any atom is -0.359 e. The molecule has 20 heavy (non-hydrogen) atoms. The Balaban J connectivity index is 1.77. The summed E-state index contributed by atoms with van der Waals surface area (Å²) in [7, 11) is 1.80. The van der Waals surface area contributed by atoms with Crippen LogP contribution in [0.25, 0.3) is 0 Å². The maximum atomic E-state index is 5.26. The van der Waals surface area contributed by atoms with Crippen LogP contribution in [0.1, 0.15) is 51.0 Å². The van der Waals surface area contributed by atoms with Gasteiger partial charge in [-0.25, -0.2) is 0 Å². The number of nitrogens with one attached hydrogen (secondary N) is 2. The van der Waals surface area contributed by atoms with Crippen molar-refractivity contribution in [2.75, 3.05) is 7.05 Å². The summed E-state index contributed by atoms with van der Waals surface area (Å²) in [6.07, 6.45) is 5.96. The molecule has 1 aromatic heterocycles. The number of hydrogen-bond donors (Lipinski definition) is 2. The Hall–Kier alpha value is -1.52. The monoisotopic (exact) mass is 278 g/mol. The zero-order valence-electron chi connectivity index (χ0n) is 12.8. The number of aromatic nitrogens is 1. The summed E-state index contributed by atoms with van der Waals surface area (Å²) < 4.78 is 5.26. The standard InChI is InChI=1S/C15H26N4O/c1-4-12-9-14(20-19-12)10-17-15(16-3)18-13-7-5-11(2)6-8-13/h9,11,13H,4-8,10H2,1-3H3,(H2,16,17,18). The molecule has 0 bridgehead atoms. The van der Waals surface area contributed by atoms with E-state index in [0.717, 1.165) is 29.8 Å². The van der Waals surface area contributed by atoms with Gasteiger partial charge in [0.2, 0.25) is 0 Å². The largest absolute Gasteiger partial charge is 0.359 e. The maximum Gasteiger partial charge on any atom is 0.191 e. The maximum absolute atomic E-state index is 5.26. The van der Waals surface area contributed by atoms with Gasteiger partial charge in [0.25, 0.3) is 0 Å². The second-order valence-corrected chi connectivity index (χ2v) is 5.67. The highest BCUT2D eigenvalue weighted by molar-refractivity contribution is 5.79. The molecule has 5 nitrogen and oxygen atoms in total. The highest BCUT2D eigenvalue weighted by atomic mass is 16.5. The van der Waals surface area contributed by atoms with Gasteiger partial charge in [0.15, 0.2) is 11.7 Å². The van der Waals surface area contributed by atoms with Crippen molar-refractivity contribution in [2.45, 2.75) is 58.5 Å². The molecule has 0 unspecified atom stereocenters. The van der Waals surface area contributed by atoms with Crippen molar-refractivity contribution in [2.24, 2.45) is 10.9 Å². The van der Waals surface area contributed by atoms with Gasteiger partial charge in [-0.3, -0.25) is 4.99 Å². The van der Waals surface area contributed by atoms with Gasteiger partial charge in [0.1, 0.15) is 0 Å². The number of aryl methyl sites for hydroxylation is 1. The second-order valence-electron chi connectivity index (χ2n) is 5.67. The van der Waals surface area contributed by atoms with Crippen molar-refractivity contribution in [1.29, 1.82) is 0 Å². The first-order chi connectivity index (χ1) is 9.71. The molecule has 2 rings (SSSR count). The van der Waals surface area contributed by atoms with Crippen LogP contribution in [0.2, 0.25) is 0 Å². The molecular formula is C15H26N4O. The molecule has 1 saturated carbocycles. The zero-order valence-corrected chi connectivity index (χ0v) is 12.8. The Morgan fingerprint density at radius 3 is 2.75 bits per heavy atom. The smallest absolute Gasteiger partial charge is 0.191 e. The fraction of sp³-hybridized carbons (Fsp3) is 0.733. The number of aliphatic imine (C=N–C) groups is 1. The number of hydrogen-bond acceptors (Lipinski definition) is 3. The summed E-state index contributed by atoms with van der Waals surface area (Å²) in [4.78, 5) is 4.28. The summed E-state index contributed by atoms with van der Waals surface area (Å²) in [6, 6.07) is 2.53. The molecule has 0 aromatic carbocycles. The van der Waals surface area contributed by atoms with Crippen LogP contribution in [0.15, 0.2) is 15.6 Å². The minimum absolute atomic E-state index is 0.540. The number of nitrogens with zero attached hydrogens (tertiary/aromatic N) is 2. The third-order valence-corrected chi connectivity index (χ3v) is 3.98. The summed E-state index contributed by atoms with van der Waals surface area (Å²) in [6.45, 7) is 5.02. The topological polar surface area (TPSA) is 62.5 Å². The van der Waals surface area contributed by atoms with Crippen LogP contribution in [0.5, 0.6) is 0 Å². The van der Waals surface area contributed by atoms with Crippen LogP contribution < -0.4 is 10.6 Å². The van der Waals surface area contributed by atoms with Crippen LogP contribution >= 0.6 is 0 Å². The summed E-state index contributed by atoms with van der Waals surface area (Å²) >= 11 is 0. The molecule has 1 heterocycles. The van der Waals surface area contributed by atoms with Crippen LogP contribution in [0.3, 0.4) is 0 Å². The lowest BCUT2D eigenvalue weighted by Crippen LogP contribution is -2.44. The van der Waals surface area contributed by atoms with Gasteiger partial charge in [-0.15, -0.1) is 0 Å². The molecule has 2 N–H and O–H groups in total. The molecule has 1 aliphatic carbocycles. The number of guanidine groups is 1. The lowest BCUT2D eigenvalue weighted by Gasteiger charge is -2.28. The van der Waals surface area contributed by atoms with Crippen LogP contribution in [-0.4, -0.2) is 24.2 Å². The summed E-state index contributed by atoms with van der Waals surface area (Å²) in [5, 5.41) is 10.8. The molecule has 0 atom stereocenters. The van der Waals surface area contributed by atoms with Crippen molar-refractivity contribution in [3.8, 4) is 0 Å². The van der Waals surface area contributed by atoms with E-state index in [2.05, 4.69) is 34.6 Å². The Kier molecular flexibility index (Phi) is 5.44. The predicted octanol–water partition coefficient (Wildman–Crippen LogP) is 2.48. The van der Waals surface area contributed by atoms with Crippen LogP contribution in [-0.2, 0) is 13.0 Å². The summed E-state index contributed by atoms with van der Waals surface area (Å²) in [5.74, 6) is 2.56. The number of rotatable bonds is 4. The Morgan fingerprint density at radius 2 is 2.15 bits per heavy atom. The second kappa shape index (κ2) is 7.31. The lowest BCUT2D eigenvalue weighted by molar-refractivity contribution is 0.328. The molecule has 0 spiro atoms. The molecule has 5 heteroatoms. The molecule has 0 aliphatic heterocycles. The molecule has 1 aliphatic rings. The van der Waals surface area contributed by atoms with Gasteiger partial charge < -0.3 is 15.2 Å². The molecule has 112 valence electrons. The van der Waals surface area contributed by atoms with E-state index >= 15 is 0 Å². The van der Waals surface area contributed by atoms with E-state index in [0.29, 0.717) is 12.6 Å². The first kappa shape index (κ1) is 14.9. The SMILES string of the molecule is CCc1cc(CNC(=NC)NC2CCC(C)CC2)on1. The van der Waals surface area contributed by atoms with Crippen LogP contribution in [0.4, 0.5) is 0 Å². The van der Waals surface area contributed by atoms with Crippen molar-refractivity contribution in [3.05, 3.63) is 17.5 Å². The normalized spacial score (nSPS) is 23.6. The third-order valence-electron chi connectivity index (χ3n) is 3.98. The van der Waals surface area contributed by atoms with E-state index in [1.807, 2.05) is 6.07 Å². The van der Waals surface area contributed by atoms with Crippen molar-refractivity contribution >= 4 is 5.96 Å². The molecule has 0 radical (unpaired) electrons. The average molecular weight is 278 g/mol. The Morgan fingerprint density at radius 1 is 1.40 bits per heavy atom. The van der Waals surface area contributed by atoms with Crippen molar-refractivity contribution in [3.63, 3.8) is 0 Å². The van der Waals surface area contributed by atoms with Gasteiger partial charge in [-0.1, -0.05) is 19.0 Å². The zero-order chi connectivity index (χ0) is 14.4. The fourth-order valence-electron chi connectivity index (χ4n) is 2.57. The first-order valence-corrected chi connectivity index (χ1v) is 7.63. The van der Waals surface area contributed by atoms with E-state index < -0.39 is 0 Å². The van der Waals surface area contributed by atoms with Gasteiger partial charge in [0, 0.05) is 19.2 Å². The lowest BCUT2D eigenvalue weighted by atomic mass is 9.87. The Labute approximate surface area is 121 Å². The van der Waals surface area contributed by atoms with Gasteiger partial charge in [-0.05, 0) is 38.0 Å². The van der Waals surface area contributed by atoms with Crippen molar-refractivity contribution < 1.29 is 4.52 Å². The predicted molar refractivity (Wildman–Crippen MR) is 80.6 cm³/mol. The van der Waals surface area contributed by atoms with E-state index in [1.54, 1.807) is 7.05 Å². The van der Waals surface area contributed by atoms with Gasteiger partial charge in [0.05, 0.1) is 12.2 Å². The molecule has 0 saturated heterocycles. The van der Waals surface area contributed by atoms with E-state index in [4.69, 9.17) is 4.52 Å². The van der Waals surface area contributed by atoms with E-state index in [-0.39, 0.29) is 0 Å². The average Bonchev–Trinajstić information content (AvgIpc) is 2.93.